The summed E-state index contributed by atoms with van der Waals surface area (Å²) in [5.41, 5.74) is 1.20. The van der Waals surface area contributed by atoms with Gasteiger partial charge in [-0.25, -0.2) is 0 Å². The lowest BCUT2D eigenvalue weighted by Crippen LogP contribution is -2.56. The van der Waals surface area contributed by atoms with E-state index in [0.717, 1.165) is 12.8 Å². The van der Waals surface area contributed by atoms with Gasteiger partial charge < -0.3 is 25.4 Å². The normalized spacial score (nSPS) is 28.2. The molecular formula is C30H36ClN3O5S. The van der Waals surface area contributed by atoms with Crippen LogP contribution in [0.25, 0.3) is 0 Å². The van der Waals surface area contributed by atoms with E-state index in [1.807, 2.05) is 20.8 Å². The molecule has 3 fully saturated rings. The van der Waals surface area contributed by atoms with Crippen LogP contribution in [0.3, 0.4) is 0 Å². The summed E-state index contributed by atoms with van der Waals surface area (Å²) in [7, 11) is 0. The number of fused-ring (bicyclic) bond motifs is 1. The average molecular weight is 586 g/mol. The van der Waals surface area contributed by atoms with Crippen LogP contribution >= 0.6 is 23.4 Å². The van der Waals surface area contributed by atoms with E-state index in [1.54, 1.807) is 65.2 Å². The number of rotatable bonds is 10. The van der Waals surface area contributed by atoms with E-state index in [1.165, 1.54) is 0 Å². The Morgan fingerprint density at radius 2 is 1.73 bits per heavy atom. The molecule has 0 saturated carbocycles. The van der Waals surface area contributed by atoms with Crippen LogP contribution in [0.1, 0.15) is 40.0 Å². The fraction of sp³-hybridized carbons (Fsp3) is 0.500. The number of anilines is 2. The first-order chi connectivity index (χ1) is 19.2. The molecule has 2 aromatic rings. The molecule has 10 heteroatoms. The van der Waals surface area contributed by atoms with Crippen molar-refractivity contribution in [1.29, 1.82) is 0 Å². The van der Waals surface area contributed by atoms with Crippen molar-refractivity contribution in [2.75, 3.05) is 23.8 Å². The van der Waals surface area contributed by atoms with Gasteiger partial charge in [0.05, 0.1) is 35.8 Å². The first kappa shape index (κ1) is 28.8. The van der Waals surface area contributed by atoms with E-state index in [9.17, 15) is 19.5 Å². The van der Waals surface area contributed by atoms with Crippen LogP contribution in [-0.4, -0.2) is 63.0 Å². The van der Waals surface area contributed by atoms with Crippen LogP contribution in [0.15, 0.2) is 48.5 Å². The number of hydrogen-bond acceptors (Lipinski definition) is 6. The maximum Gasteiger partial charge on any atom is 0.248 e. The summed E-state index contributed by atoms with van der Waals surface area (Å²) in [6.07, 6.45) is 2.12. The lowest BCUT2D eigenvalue weighted by molar-refractivity contribution is -0.142. The van der Waals surface area contributed by atoms with Crippen molar-refractivity contribution in [1.82, 2.24) is 4.90 Å². The molecule has 0 aliphatic carbocycles. The Balaban J connectivity index is 1.47. The maximum atomic E-state index is 14.3. The number of carbonyl (C=O) groups is 3. The number of aliphatic hydroxyl groups excluding tert-OH is 1. The fourth-order valence-electron chi connectivity index (χ4n) is 6.63. The summed E-state index contributed by atoms with van der Waals surface area (Å²) in [4.78, 5) is 43.7. The Bertz CT molecular complexity index is 1260. The quantitative estimate of drug-likeness (QED) is 0.369. The first-order valence-electron chi connectivity index (χ1n) is 13.9. The van der Waals surface area contributed by atoms with Crippen LogP contribution in [0, 0.1) is 17.8 Å². The highest BCUT2D eigenvalue weighted by Crippen LogP contribution is 2.67. The summed E-state index contributed by atoms with van der Waals surface area (Å²) in [5, 5.41) is 16.9. The average Bonchev–Trinajstić information content (AvgIpc) is 3.59. The Morgan fingerprint density at radius 1 is 1.10 bits per heavy atom. The number of thioether (sulfide) groups is 1. The highest BCUT2D eigenvalue weighted by atomic mass is 35.5. The van der Waals surface area contributed by atoms with E-state index in [2.05, 4.69) is 10.6 Å². The fourth-order valence-corrected chi connectivity index (χ4v) is 8.96. The molecule has 3 saturated heterocycles. The van der Waals surface area contributed by atoms with Gasteiger partial charge in [-0.1, -0.05) is 31.9 Å². The van der Waals surface area contributed by atoms with Crippen molar-refractivity contribution in [2.24, 2.45) is 17.8 Å². The first-order valence-corrected chi connectivity index (χ1v) is 15.2. The second-order valence-electron chi connectivity index (χ2n) is 10.9. The predicted octanol–water partition coefficient (Wildman–Crippen LogP) is 4.81. The predicted molar refractivity (Wildman–Crippen MR) is 158 cm³/mol. The number of nitrogens with one attached hydrogen (secondary N) is 2. The number of amides is 3. The number of likely N-dealkylation sites (tertiary alicyclic amines) is 1. The molecular weight excluding hydrogens is 550 g/mol. The zero-order valence-corrected chi connectivity index (χ0v) is 24.5. The summed E-state index contributed by atoms with van der Waals surface area (Å²) in [5.74, 6) is -1.30. The van der Waals surface area contributed by atoms with E-state index < -0.39 is 28.7 Å². The van der Waals surface area contributed by atoms with Crippen LogP contribution < -0.4 is 15.4 Å². The third kappa shape index (κ3) is 4.97. The van der Waals surface area contributed by atoms with E-state index in [4.69, 9.17) is 16.3 Å². The zero-order valence-electron chi connectivity index (χ0n) is 22.9. The van der Waals surface area contributed by atoms with Crippen molar-refractivity contribution >= 4 is 52.5 Å². The minimum Gasteiger partial charge on any atom is -0.494 e. The SMILES string of the molecule is CCOc1ccc(NC(=O)[C@@H]2[C@@H]3CCC4(S3)C(C(=O)Nc3ccc(Cl)cc3)N([C@@H](CO)[C@@H](C)CC)C(=O)[C@H]24)cc1. The molecule has 3 aliphatic rings. The number of aliphatic hydroxyl groups is 1. The van der Waals surface area contributed by atoms with Crippen molar-refractivity contribution < 1.29 is 24.2 Å². The molecule has 2 aromatic carbocycles. The topological polar surface area (TPSA) is 108 Å². The van der Waals surface area contributed by atoms with E-state index in [0.29, 0.717) is 35.2 Å². The molecule has 1 spiro atoms. The number of hydrogen-bond donors (Lipinski definition) is 3. The second kappa shape index (κ2) is 11.6. The Morgan fingerprint density at radius 3 is 2.33 bits per heavy atom. The Labute approximate surface area is 244 Å². The summed E-state index contributed by atoms with van der Waals surface area (Å²) in [6.45, 7) is 6.18. The van der Waals surface area contributed by atoms with Gasteiger partial charge in [0.1, 0.15) is 11.8 Å². The van der Waals surface area contributed by atoms with Crippen LogP contribution in [-0.2, 0) is 14.4 Å². The molecule has 40 heavy (non-hydrogen) atoms. The third-order valence-electron chi connectivity index (χ3n) is 8.68. The number of halogens is 1. The minimum absolute atomic E-state index is 0.0339. The molecule has 3 N–H and O–H groups in total. The summed E-state index contributed by atoms with van der Waals surface area (Å²) >= 11 is 7.64. The molecule has 5 rings (SSSR count). The van der Waals surface area contributed by atoms with E-state index in [-0.39, 0.29) is 35.5 Å². The van der Waals surface area contributed by atoms with Crippen LogP contribution in [0.2, 0.25) is 5.02 Å². The van der Waals surface area contributed by atoms with Crippen LogP contribution in [0.4, 0.5) is 11.4 Å². The number of carbonyl (C=O) groups excluding carboxylic acids is 3. The lowest BCUT2D eigenvalue weighted by atomic mass is 9.70. The van der Waals surface area contributed by atoms with E-state index >= 15 is 0 Å². The van der Waals surface area contributed by atoms with Crippen molar-refractivity contribution in [3.05, 3.63) is 53.6 Å². The molecule has 0 aromatic heterocycles. The van der Waals surface area contributed by atoms with Gasteiger partial charge in [-0.2, -0.15) is 0 Å². The van der Waals surface area contributed by atoms with Gasteiger partial charge in [-0.15, -0.1) is 11.8 Å². The molecule has 3 heterocycles. The Hall–Kier alpha value is -2.75. The van der Waals surface area contributed by atoms with Gasteiger partial charge in [0, 0.05) is 21.6 Å². The van der Waals surface area contributed by atoms with Gasteiger partial charge in [-0.3, -0.25) is 14.4 Å². The molecule has 0 radical (unpaired) electrons. The van der Waals surface area contributed by atoms with Gasteiger partial charge in [-0.05, 0) is 74.2 Å². The van der Waals surface area contributed by atoms with Gasteiger partial charge >= 0.3 is 0 Å². The number of ether oxygens (including phenoxy) is 1. The van der Waals surface area contributed by atoms with Crippen molar-refractivity contribution in [3.63, 3.8) is 0 Å². The summed E-state index contributed by atoms with van der Waals surface area (Å²) in [6, 6.07) is 12.7. The number of nitrogens with zero attached hydrogens (tertiary/aromatic N) is 1. The summed E-state index contributed by atoms with van der Waals surface area (Å²) < 4.78 is 4.75. The monoisotopic (exact) mass is 585 g/mol. The smallest absolute Gasteiger partial charge is 0.248 e. The molecule has 7 atom stereocenters. The molecule has 3 amide bonds. The largest absolute Gasteiger partial charge is 0.494 e. The van der Waals surface area contributed by atoms with Gasteiger partial charge in [0.2, 0.25) is 17.7 Å². The lowest BCUT2D eigenvalue weighted by Gasteiger charge is -2.39. The second-order valence-corrected chi connectivity index (χ2v) is 12.9. The van der Waals surface area contributed by atoms with Crippen LogP contribution in [0.5, 0.6) is 5.75 Å². The van der Waals surface area contributed by atoms with Gasteiger partial charge in [0.15, 0.2) is 0 Å². The number of benzene rings is 2. The van der Waals surface area contributed by atoms with Gasteiger partial charge in [0.25, 0.3) is 0 Å². The molecule has 3 aliphatic heterocycles. The highest BCUT2D eigenvalue weighted by Gasteiger charge is 2.74. The minimum atomic E-state index is -0.815. The molecule has 2 bridgehead atoms. The standard InChI is InChI=1S/C30H36ClN3O5S/c1-4-17(3)22(16-35)34-26(28(37)33-19-8-6-18(31)7-9-19)30-15-14-23(40-30)24(25(30)29(34)38)27(36)32-20-10-12-21(13-11-20)39-5-2/h6-13,17,22-26,35H,4-5,14-16H2,1-3H3,(H,32,36)(H,33,37)/t17-,22-,23-,24+,25-,26?,30?/m0/s1. The van der Waals surface area contributed by atoms with Crippen molar-refractivity contribution in [3.8, 4) is 5.75 Å². The molecule has 2 unspecified atom stereocenters. The Kier molecular flexibility index (Phi) is 8.36. The molecule has 214 valence electrons. The maximum absolute atomic E-state index is 14.3. The zero-order chi connectivity index (χ0) is 28.6. The molecule has 8 nitrogen and oxygen atoms in total. The van der Waals surface area contributed by atoms with Crippen molar-refractivity contribution in [2.45, 2.75) is 62.1 Å². The third-order valence-corrected chi connectivity index (χ3v) is 10.9. The highest BCUT2D eigenvalue weighted by molar-refractivity contribution is 8.02.